The van der Waals surface area contributed by atoms with Gasteiger partial charge in [-0.05, 0) is 18.8 Å². The predicted octanol–water partition coefficient (Wildman–Crippen LogP) is 3.26. The minimum absolute atomic E-state index is 0.194. The largest absolute Gasteiger partial charge is 0.480 e. The summed E-state index contributed by atoms with van der Waals surface area (Å²) in [5, 5.41) is 8.37. The highest BCUT2D eigenvalue weighted by atomic mass is 19.4. The summed E-state index contributed by atoms with van der Waals surface area (Å²) in [6.45, 7) is -1.91. The molecule has 3 unspecified atom stereocenters. The van der Waals surface area contributed by atoms with Gasteiger partial charge in [0.1, 0.15) is 6.61 Å². The van der Waals surface area contributed by atoms with E-state index in [1.807, 2.05) is 0 Å². The molecule has 3 atom stereocenters. The third kappa shape index (κ3) is 2.19. The second-order valence-corrected chi connectivity index (χ2v) is 5.41. The number of hydrogen-bond donors (Lipinski definition) is 1. The maximum atomic E-state index is 15.0. The quantitative estimate of drug-likeness (QED) is 0.633. The Morgan fingerprint density at radius 2 is 1.73 bits per heavy atom. The van der Waals surface area contributed by atoms with Gasteiger partial charge in [-0.2, -0.15) is 26.3 Å². The Kier molecular flexibility index (Phi) is 3.75. The molecule has 0 aromatic rings. The molecular weight excluding hydrogens is 325 g/mol. The Balaban J connectivity index is 2.58. The fourth-order valence-corrected chi connectivity index (χ4v) is 3.29. The second-order valence-electron chi connectivity index (χ2n) is 5.41. The summed E-state index contributed by atoms with van der Waals surface area (Å²) in [5.41, 5.74) is -8.96. The Hall–Kier alpha value is -1.32. The number of alkyl halides is 7. The molecule has 1 N–H and O–H groups in total. The molecule has 0 aromatic heterocycles. The number of fused-ring (bicyclic) bond motifs is 2. The van der Waals surface area contributed by atoms with E-state index in [1.54, 1.807) is 0 Å². The van der Waals surface area contributed by atoms with E-state index in [2.05, 4.69) is 4.74 Å². The van der Waals surface area contributed by atoms with Crippen LogP contribution in [0, 0.1) is 11.8 Å². The molecule has 22 heavy (non-hydrogen) atoms. The van der Waals surface area contributed by atoms with Crippen LogP contribution in [0.4, 0.5) is 30.7 Å². The molecular formula is C12H11F7O3. The number of hydrogen-bond acceptors (Lipinski definition) is 2. The molecule has 0 spiro atoms. The lowest BCUT2D eigenvalue weighted by atomic mass is 9.74. The van der Waals surface area contributed by atoms with Crippen molar-refractivity contribution < 1.29 is 45.4 Å². The fraction of sp³-hybridized carbons (Fsp3) is 0.750. The van der Waals surface area contributed by atoms with Crippen molar-refractivity contribution >= 4 is 5.97 Å². The minimum Gasteiger partial charge on any atom is -0.480 e. The first-order valence-electron chi connectivity index (χ1n) is 6.21. The summed E-state index contributed by atoms with van der Waals surface area (Å²) in [6.07, 6.45) is -11.2. The molecule has 3 nitrogen and oxygen atoms in total. The van der Waals surface area contributed by atoms with E-state index in [4.69, 9.17) is 5.11 Å². The van der Waals surface area contributed by atoms with Gasteiger partial charge in [0.25, 0.3) is 5.60 Å². The van der Waals surface area contributed by atoms with Gasteiger partial charge in [-0.15, -0.1) is 0 Å². The molecule has 2 bridgehead atoms. The maximum absolute atomic E-state index is 15.0. The first kappa shape index (κ1) is 17.0. The van der Waals surface area contributed by atoms with Crippen LogP contribution in [0.2, 0.25) is 0 Å². The molecule has 2 rings (SSSR count). The number of carbonyl (C=O) groups is 1. The van der Waals surface area contributed by atoms with Gasteiger partial charge in [-0.1, -0.05) is 12.2 Å². The number of allylic oxidation sites excluding steroid dienone is 2. The minimum atomic E-state index is -6.16. The van der Waals surface area contributed by atoms with Crippen LogP contribution in [0.15, 0.2) is 12.2 Å². The van der Waals surface area contributed by atoms with Crippen molar-refractivity contribution in [2.75, 3.05) is 6.61 Å². The van der Waals surface area contributed by atoms with Crippen molar-refractivity contribution in [2.24, 2.45) is 11.8 Å². The van der Waals surface area contributed by atoms with Crippen LogP contribution in [0.1, 0.15) is 12.8 Å². The Labute approximate surface area is 119 Å². The van der Waals surface area contributed by atoms with Crippen LogP contribution >= 0.6 is 0 Å². The van der Waals surface area contributed by atoms with Crippen LogP contribution < -0.4 is 0 Å². The van der Waals surface area contributed by atoms with Gasteiger partial charge in [0.05, 0.1) is 0 Å². The van der Waals surface area contributed by atoms with E-state index in [-0.39, 0.29) is 6.42 Å². The Bertz CT molecular complexity index is 482. The van der Waals surface area contributed by atoms with Crippen LogP contribution in [-0.2, 0) is 9.53 Å². The summed E-state index contributed by atoms with van der Waals surface area (Å²) in [6, 6.07) is 0. The number of ether oxygens (including phenoxy) is 1. The Morgan fingerprint density at radius 1 is 1.18 bits per heavy atom. The molecule has 2 aliphatic rings. The van der Waals surface area contributed by atoms with Crippen LogP contribution in [0.25, 0.3) is 0 Å². The summed E-state index contributed by atoms with van der Waals surface area (Å²) >= 11 is 0. The highest BCUT2D eigenvalue weighted by Crippen LogP contribution is 2.63. The fourth-order valence-electron chi connectivity index (χ4n) is 3.29. The van der Waals surface area contributed by atoms with E-state index in [9.17, 15) is 35.5 Å². The summed E-state index contributed by atoms with van der Waals surface area (Å²) in [7, 11) is 0. The molecule has 0 aromatic carbocycles. The van der Waals surface area contributed by atoms with Crippen molar-refractivity contribution in [3.05, 3.63) is 12.2 Å². The maximum Gasteiger partial charge on any atom is 0.429 e. The lowest BCUT2D eigenvalue weighted by Crippen LogP contribution is -2.72. The van der Waals surface area contributed by atoms with Crippen molar-refractivity contribution in [1.29, 1.82) is 0 Å². The highest BCUT2D eigenvalue weighted by Gasteiger charge is 2.84. The van der Waals surface area contributed by atoms with Gasteiger partial charge in [0, 0.05) is 5.92 Å². The zero-order chi connectivity index (χ0) is 17.0. The first-order valence-corrected chi connectivity index (χ1v) is 6.21. The summed E-state index contributed by atoms with van der Waals surface area (Å²) in [5.74, 6) is -4.44. The van der Waals surface area contributed by atoms with Crippen molar-refractivity contribution in [3.63, 3.8) is 0 Å². The van der Waals surface area contributed by atoms with Crippen LogP contribution in [0.3, 0.4) is 0 Å². The molecule has 0 radical (unpaired) electrons. The third-order valence-corrected chi connectivity index (χ3v) is 4.12. The monoisotopic (exact) mass is 336 g/mol. The molecule has 0 amide bonds. The molecule has 1 saturated carbocycles. The van der Waals surface area contributed by atoms with Crippen LogP contribution in [0.5, 0.6) is 0 Å². The van der Waals surface area contributed by atoms with Crippen LogP contribution in [-0.4, -0.2) is 41.3 Å². The zero-order valence-electron chi connectivity index (χ0n) is 10.8. The van der Waals surface area contributed by atoms with Gasteiger partial charge in [0.15, 0.2) is 5.67 Å². The van der Waals surface area contributed by atoms with Gasteiger partial charge in [-0.25, -0.2) is 9.18 Å². The van der Waals surface area contributed by atoms with Crippen molar-refractivity contribution in [2.45, 2.75) is 36.5 Å². The van der Waals surface area contributed by atoms with Gasteiger partial charge < -0.3 is 9.84 Å². The van der Waals surface area contributed by atoms with E-state index in [0.717, 1.165) is 6.08 Å². The normalized spacial score (nSPS) is 31.8. The third-order valence-electron chi connectivity index (χ3n) is 4.12. The Morgan fingerprint density at radius 3 is 2.05 bits per heavy atom. The van der Waals surface area contributed by atoms with E-state index in [0.29, 0.717) is 0 Å². The molecule has 0 saturated heterocycles. The number of aliphatic carboxylic acids is 1. The number of rotatable bonds is 4. The molecule has 10 heteroatoms. The molecule has 2 aliphatic carbocycles. The smallest absolute Gasteiger partial charge is 0.429 e. The van der Waals surface area contributed by atoms with Crippen molar-refractivity contribution in [3.8, 4) is 0 Å². The van der Waals surface area contributed by atoms with E-state index < -0.39 is 54.5 Å². The van der Waals surface area contributed by atoms with E-state index in [1.165, 1.54) is 6.08 Å². The number of carboxylic acid groups (broad SMARTS) is 1. The highest BCUT2D eigenvalue weighted by molar-refractivity contribution is 5.68. The SMILES string of the molecule is O=C(O)COC(C(F)(F)F)(C(F)(F)F)C1(F)CC2C=CC1C2. The second kappa shape index (κ2) is 4.84. The number of halogens is 7. The average molecular weight is 336 g/mol. The molecule has 126 valence electrons. The van der Waals surface area contributed by atoms with Gasteiger partial charge in [-0.3, -0.25) is 0 Å². The predicted molar refractivity (Wildman–Crippen MR) is 57.6 cm³/mol. The van der Waals surface area contributed by atoms with Crippen molar-refractivity contribution in [1.82, 2.24) is 0 Å². The van der Waals surface area contributed by atoms with E-state index >= 15 is 0 Å². The lowest BCUT2D eigenvalue weighted by Gasteiger charge is -2.47. The molecule has 0 heterocycles. The summed E-state index contributed by atoms with van der Waals surface area (Å²) < 4.78 is 98.1. The van der Waals surface area contributed by atoms with Gasteiger partial charge in [0.2, 0.25) is 0 Å². The average Bonchev–Trinajstić information content (AvgIpc) is 2.84. The zero-order valence-corrected chi connectivity index (χ0v) is 10.8. The summed E-state index contributed by atoms with van der Waals surface area (Å²) in [4.78, 5) is 10.4. The number of carboxylic acids is 1. The first-order chi connectivity index (χ1) is 9.85. The van der Waals surface area contributed by atoms with Gasteiger partial charge >= 0.3 is 18.3 Å². The topological polar surface area (TPSA) is 46.5 Å². The molecule has 1 fully saturated rings. The lowest BCUT2D eigenvalue weighted by molar-refractivity contribution is -0.416. The standard InChI is InChI=1S/C12H11F7O3/c13-9(4-6-1-2-7(9)3-6)10(11(14,15)16,12(17,18)19)22-5-8(20)21/h1-2,6-7H,3-5H2,(H,20,21). The molecule has 0 aliphatic heterocycles.